The fourth-order valence-corrected chi connectivity index (χ4v) is 6.60. The average molecular weight is 498 g/mol. The first-order chi connectivity index (χ1) is 15.4. The molecule has 0 saturated carbocycles. The molecule has 0 fully saturated rings. The van der Waals surface area contributed by atoms with Crippen LogP contribution in [0, 0.1) is 5.92 Å². The standard InChI is InChI=1S/C21H27N3O5S3/c1-13-3-5-15-19(11-13)31-21(22-15)23-20(25)16(7-10-30-2)24-32(26,27)14-4-6-17-18(12-14)29-9-8-28-17/h4,6,12-13,16,24H,3,5,7-11H2,1-2H3,(H,22,23,25)/t13-,16+/m0/s1. The Morgan fingerprint density at radius 2 is 2.09 bits per heavy atom. The third-order valence-corrected chi connectivity index (χ3v) is 8.61. The SMILES string of the molecule is CSCC[C@@H](NS(=O)(=O)c1ccc2c(c1)OCCO2)C(=O)Nc1nc2c(s1)C[C@@H](C)CC2. The predicted octanol–water partition coefficient (Wildman–Crippen LogP) is 3.08. The first kappa shape index (κ1) is 23.3. The predicted molar refractivity (Wildman–Crippen MR) is 126 cm³/mol. The minimum Gasteiger partial charge on any atom is -0.486 e. The number of carbonyl (C=O) groups excluding carboxylic acids is 1. The van der Waals surface area contributed by atoms with Gasteiger partial charge in [0.2, 0.25) is 15.9 Å². The van der Waals surface area contributed by atoms with E-state index in [0.29, 0.717) is 47.9 Å². The zero-order valence-corrected chi connectivity index (χ0v) is 20.5. The molecule has 0 radical (unpaired) electrons. The fraction of sp³-hybridized carbons (Fsp3) is 0.524. The van der Waals surface area contributed by atoms with Crippen LogP contribution in [0.3, 0.4) is 0 Å². The number of benzene rings is 1. The van der Waals surface area contributed by atoms with Crippen molar-refractivity contribution in [3.63, 3.8) is 0 Å². The molecule has 32 heavy (non-hydrogen) atoms. The second kappa shape index (κ2) is 9.98. The molecule has 2 atom stereocenters. The largest absolute Gasteiger partial charge is 0.486 e. The van der Waals surface area contributed by atoms with E-state index in [-0.39, 0.29) is 4.90 Å². The number of amides is 1. The third-order valence-electron chi connectivity index (χ3n) is 5.46. The van der Waals surface area contributed by atoms with Crippen LogP contribution in [0.15, 0.2) is 23.1 Å². The zero-order valence-electron chi connectivity index (χ0n) is 18.0. The summed E-state index contributed by atoms with van der Waals surface area (Å²) < 4.78 is 39.6. The van der Waals surface area contributed by atoms with Gasteiger partial charge in [0.1, 0.15) is 19.3 Å². The maximum Gasteiger partial charge on any atom is 0.244 e. The number of anilines is 1. The van der Waals surface area contributed by atoms with Crippen LogP contribution in [0.5, 0.6) is 11.5 Å². The molecule has 1 amide bonds. The van der Waals surface area contributed by atoms with Crippen LogP contribution in [0.2, 0.25) is 0 Å². The van der Waals surface area contributed by atoms with E-state index in [1.165, 1.54) is 28.3 Å². The molecule has 1 aromatic heterocycles. The van der Waals surface area contributed by atoms with Gasteiger partial charge in [-0.05, 0) is 55.7 Å². The summed E-state index contributed by atoms with van der Waals surface area (Å²) >= 11 is 3.03. The first-order valence-electron chi connectivity index (χ1n) is 10.6. The fourth-order valence-electron chi connectivity index (χ4n) is 3.71. The molecular weight excluding hydrogens is 470 g/mol. The molecule has 2 aliphatic rings. The summed E-state index contributed by atoms with van der Waals surface area (Å²) in [6.45, 7) is 3.00. The lowest BCUT2D eigenvalue weighted by atomic mass is 9.93. The van der Waals surface area contributed by atoms with Gasteiger partial charge in [-0.1, -0.05) is 6.92 Å². The molecule has 11 heteroatoms. The molecule has 2 heterocycles. The van der Waals surface area contributed by atoms with Gasteiger partial charge in [-0.15, -0.1) is 11.3 Å². The van der Waals surface area contributed by atoms with Crippen LogP contribution in [0.1, 0.15) is 30.3 Å². The second-order valence-electron chi connectivity index (χ2n) is 7.99. The molecule has 0 saturated heterocycles. The summed E-state index contributed by atoms with van der Waals surface area (Å²) in [5, 5.41) is 3.36. The van der Waals surface area contributed by atoms with E-state index in [2.05, 4.69) is 21.9 Å². The summed E-state index contributed by atoms with van der Waals surface area (Å²) in [7, 11) is -3.94. The minimum absolute atomic E-state index is 0.0300. The Bertz CT molecular complexity index is 1090. The Labute approximate surface area is 196 Å². The summed E-state index contributed by atoms with van der Waals surface area (Å²) in [6.07, 6.45) is 5.25. The van der Waals surface area contributed by atoms with E-state index in [0.717, 1.165) is 25.0 Å². The van der Waals surface area contributed by atoms with E-state index in [4.69, 9.17) is 9.47 Å². The molecule has 8 nitrogen and oxygen atoms in total. The number of aromatic nitrogens is 1. The maximum atomic E-state index is 13.0. The van der Waals surface area contributed by atoms with Gasteiger partial charge in [0, 0.05) is 10.9 Å². The smallest absolute Gasteiger partial charge is 0.244 e. The van der Waals surface area contributed by atoms with E-state index >= 15 is 0 Å². The summed E-state index contributed by atoms with van der Waals surface area (Å²) in [5.41, 5.74) is 1.04. The Kier molecular flexibility index (Phi) is 7.28. The maximum absolute atomic E-state index is 13.0. The number of aryl methyl sites for hydroxylation is 1. The van der Waals surface area contributed by atoms with Crippen molar-refractivity contribution >= 4 is 44.2 Å². The van der Waals surface area contributed by atoms with E-state index in [9.17, 15) is 13.2 Å². The van der Waals surface area contributed by atoms with Crippen molar-refractivity contribution in [2.24, 2.45) is 5.92 Å². The molecule has 0 bridgehead atoms. The van der Waals surface area contributed by atoms with Gasteiger partial charge in [-0.2, -0.15) is 16.5 Å². The van der Waals surface area contributed by atoms with E-state index < -0.39 is 22.0 Å². The van der Waals surface area contributed by atoms with Crippen LogP contribution in [0.25, 0.3) is 0 Å². The summed E-state index contributed by atoms with van der Waals surface area (Å²) in [5.74, 6) is 1.73. The van der Waals surface area contributed by atoms with Crippen LogP contribution >= 0.6 is 23.1 Å². The van der Waals surface area contributed by atoms with Crippen LogP contribution in [-0.4, -0.2) is 50.6 Å². The second-order valence-corrected chi connectivity index (χ2v) is 11.8. The highest BCUT2D eigenvalue weighted by molar-refractivity contribution is 7.98. The van der Waals surface area contributed by atoms with Crippen molar-refractivity contribution < 1.29 is 22.7 Å². The quantitative estimate of drug-likeness (QED) is 0.577. The van der Waals surface area contributed by atoms with Crippen molar-refractivity contribution in [1.82, 2.24) is 9.71 Å². The molecule has 4 rings (SSSR count). The van der Waals surface area contributed by atoms with Crippen molar-refractivity contribution in [2.75, 3.05) is 30.5 Å². The number of nitrogens with zero attached hydrogens (tertiary/aromatic N) is 1. The number of thioether (sulfide) groups is 1. The van der Waals surface area contributed by atoms with E-state index in [1.54, 1.807) is 17.8 Å². The lowest BCUT2D eigenvalue weighted by Crippen LogP contribution is -2.44. The lowest BCUT2D eigenvalue weighted by molar-refractivity contribution is -0.117. The highest BCUT2D eigenvalue weighted by Crippen LogP contribution is 2.33. The lowest BCUT2D eigenvalue weighted by Gasteiger charge is -2.20. The molecule has 2 aromatic rings. The Hall–Kier alpha value is -1.82. The van der Waals surface area contributed by atoms with Gasteiger partial charge in [-0.25, -0.2) is 13.4 Å². The number of rotatable bonds is 8. The van der Waals surface area contributed by atoms with Crippen molar-refractivity contribution in [1.29, 1.82) is 0 Å². The van der Waals surface area contributed by atoms with E-state index in [1.807, 2.05) is 6.26 Å². The molecule has 1 aliphatic carbocycles. The molecular formula is C21H27N3O5S3. The summed E-state index contributed by atoms with van der Waals surface area (Å²) in [6, 6.07) is 3.54. The molecule has 174 valence electrons. The minimum atomic E-state index is -3.94. The third kappa shape index (κ3) is 5.38. The van der Waals surface area contributed by atoms with Gasteiger partial charge in [0.25, 0.3) is 0 Å². The number of thiazole rings is 1. The number of sulfonamides is 1. The number of nitrogens with one attached hydrogen (secondary N) is 2. The zero-order chi connectivity index (χ0) is 22.7. The number of hydrogen-bond donors (Lipinski definition) is 2. The van der Waals surface area contributed by atoms with Gasteiger partial charge in [-0.3, -0.25) is 4.79 Å². The number of fused-ring (bicyclic) bond motifs is 2. The topological polar surface area (TPSA) is 107 Å². The van der Waals surface area contributed by atoms with Crippen LogP contribution in [-0.2, 0) is 27.7 Å². The van der Waals surface area contributed by atoms with Crippen molar-refractivity contribution in [2.45, 2.75) is 43.5 Å². The van der Waals surface area contributed by atoms with Crippen molar-refractivity contribution in [3.8, 4) is 11.5 Å². The molecule has 1 aliphatic heterocycles. The number of carbonyl (C=O) groups is 1. The summed E-state index contributed by atoms with van der Waals surface area (Å²) in [4.78, 5) is 18.8. The highest BCUT2D eigenvalue weighted by Gasteiger charge is 2.28. The Morgan fingerprint density at radius 3 is 2.88 bits per heavy atom. The molecule has 0 spiro atoms. The highest BCUT2D eigenvalue weighted by atomic mass is 32.2. The molecule has 0 unspecified atom stereocenters. The van der Waals surface area contributed by atoms with Gasteiger partial charge < -0.3 is 14.8 Å². The van der Waals surface area contributed by atoms with Crippen molar-refractivity contribution in [3.05, 3.63) is 28.8 Å². The molecule has 1 aromatic carbocycles. The van der Waals surface area contributed by atoms with Crippen LogP contribution < -0.4 is 19.5 Å². The average Bonchev–Trinajstić information content (AvgIpc) is 3.17. The Balaban J connectivity index is 1.49. The van der Waals surface area contributed by atoms with Crippen LogP contribution in [0.4, 0.5) is 5.13 Å². The number of hydrogen-bond acceptors (Lipinski definition) is 8. The Morgan fingerprint density at radius 1 is 1.31 bits per heavy atom. The van der Waals surface area contributed by atoms with Gasteiger partial charge in [0.15, 0.2) is 16.6 Å². The van der Waals surface area contributed by atoms with Gasteiger partial charge in [0.05, 0.1) is 10.6 Å². The molecule has 2 N–H and O–H groups in total. The number of ether oxygens (including phenoxy) is 2. The first-order valence-corrected chi connectivity index (χ1v) is 14.3. The normalized spacial score (nSPS) is 18.6. The monoisotopic (exact) mass is 497 g/mol. The van der Waals surface area contributed by atoms with Gasteiger partial charge >= 0.3 is 0 Å².